The van der Waals surface area contributed by atoms with Gasteiger partial charge in [-0.1, -0.05) is 30.3 Å². The van der Waals surface area contributed by atoms with Gasteiger partial charge < -0.3 is 14.8 Å². The minimum absolute atomic E-state index is 0.0797. The molecule has 0 aromatic heterocycles. The molecule has 0 bridgehead atoms. The van der Waals surface area contributed by atoms with Crippen LogP contribution in [0.25, 0.3) is 5.70 Å². The molecule has 28 heavy (non-hydrogen) atoms. The highest BCUT2D eigenvalue weighted by atomic mass is 79.9. The number of halogens is 1. The molecular weight excluding hydrogens is 422 g/mol. The van der Waals surface area contributed by atoms with Gasteiger partial charge in [-0.2, -0.15) is 0 Å². The van der Waals surface area contributed by atoms with Gasteiger partial charge in [0.15, 0.2) is 5.78 Å². The molecule has 0 amide bonds. The Morgan fingerprint density at radius 3 is 2.46 bits per heavy atom. The molecule has 0 unspecified atom stereocenters. The Bertz CT molecular complexity index is 1080. The summed E-state index contributed by atoms with van der Waals surface area (Å²) in [5.41, 5.74) is 4.71. The second kappa shape index (κ2) is 6.95. The lowest BCUT2D eigenvalue weighted by Crippen LogP contribution is -2.29. The topological polar surface area (TPSA) is 64.6 Å². The molecule has 1 N–H and O–H groups in total. The van der Waals surface area contributed by atoms with Gasteiger partial charge in [-0.15, -0.1) is 0 Å². The van der Waals surface area contributed by atoms with Crippen molar-refractivity contribution in [1.29, 1.82) is 0 Å². The van der Waals surface area contributed by atoms with Gasteiger partial charge in [0.2, 0.25) is 0 Å². The van der Waals surface area contributed by atoms with Gasteiger partial charge in [-0.3, -0.25) is 4.79 Å². The van der Waals surface area contributed by atoms with E-state index in [1.807, 2.05) is 49.4 Å². The number of ketones is 1. The molecule has 5 nitrogen and oxygen atoms in total. The Morgan fingerprint density at radius 1 is 1.11 bits per heavy atom. The average molecular weight is 440 g/mol. The number of ether oxygens (including phenoxy) is 2. The lowest BCUT2D eigenvalue weighted by atomic mass is 9.80. The van der Waals surface area contributed by atoms with Gasteiger partial charge in [0.05, 0.1) is 30.0 Å². The average Bonchev–Trinajstić information content (AvgIpc) is 2.98. The van der Waals surface area contributed by atoms with E-state index >= 15 is 0 Å². The number of hydrogen-bond donors (Lipinski definition) is 1. The van der Waals surface area contributed by atoms with Gasteiger partial charge in [-0.25, -0.2) is 4.79 Å². The first kappa shape index (κ1) is 18.5. The summed E-state index contributed by atoms with van der Waals surface area (Å²) in [4.78, 5) is 25.9. The van der Waals surface area contributed by atoms with E-state index < -0.39 is 11.9 Å². The molecular formula is C22H18BrNO4. The van der Waals surface area contributed by atoms with Crippen molar-refractivity contribution < 1.29 is 19.1 Å². The number of fused-ring (bicyclic) bond motifs is 2. The first-order valence-electron chi connectivity index (χ1n) is 8.75. The number of allylic oxidation sites excluding steroid dienone is 2. The number of Topliss-reactive ketones (excluding diaryl/α,β-unsaturated/α-hetero) is 1. The van der Waals surface area contributed by atoms with Gasteiger partial charge in [0.25, 0.3) is 0 Å². The van der Waals surface area contributed by atoms with Crippen molar-refractivity contribution in [2.75, 3.05) is 14.2 Å². The molecule has 0 saturated carbocycles. The van der Waals surface area contributed by atoms with Crippen LogP contribution < -0.4 is 10.1 Å². The maximum atomic E-state index is 13.3. The van der Waals surface area contributed by atoms with E-state index in [1.54, 1.807) is 7.11 Å². The molecule has 6 heteroatoms. The third-order valence-electron chi connectivity index (χ3n) is 5.16. The summed E-state index contributed by atoms with van der Waals surface area (Å²) in [6.45, 7) is 1.83. The van der Waals surface area contributed by atoms with Gasteiger partial charge in [-0.05, 0) is 40.5 Å². The maximum Gasteiger partial charge on any atom is 0.336 e. The fourth-order valence-electron chi connectivity index (χ4n) is 3.91. The number of benzene rings is 2. The molecule has 0 fully saturated rings. The summed E-state index contributed by atoms with van der Waals surface area (Å²) in [5, 5.41) is 3.27. The van der Waals surface area contributed by atoms with Crippen LogP contribution in [0.1, 0.15) is 34.3 Å². The molecule has 1 aliphatic carbocycles. The fraction of sp³-hybridized carbons (Fsp3) is 0.182. The largest absolute Gasteiger partial charge is 0.496 e. The third kappa shape index (κ3) is 2.67. The normalized spacial score (nSPS) is 17.9. The summed E-state index contributed by atoms with van der Waals surface area (Å²) in [5.74, 6) is -0.403. The number of nitrogens with one attached hydrogen (secondary N) is 1. The summed E-state index contributed by atoms with van der Waals surface area (Å²) in [6, 6.07) is 13.0. The maximum absolute atomic E-state index is 13.3. The molecule has 0 saturated heterocycles. The number of rotatable bonds is 3. The van der Waals surface area contributed by atoms with E-state index in [0.29, 0.717) is 28.2 Å². The predicted molar refractivity (Wildman–Crippen MR) is 109 cm³/mol. The zero-order chi connectivity index (χ0) is 20.0. The predicted octanol–water partition coefficient (Wildman–Crippen LogP) is 4.20. The molecule has 1 atom stereocenters. The van der Waals surface area contributed by atoms with Gasteiger partial charge in [0, 0.05) is 28.3 Å². The van der Waals surface area contributed by atoms with E-state index in [2.05, 4.69) is 21.2 Å². The van der Waals surface area contributed by atoms with E-state index in [0.717, 1.165) is 21.3 Å². The second-order valence-corrected chi connectivity index (χ2v) is 7.50. The number of carbonyl (C=O) groups excluding carboxylic acids is 2. The van der Waals surface area contributed by atoms with Gasteiger partial charge >= 0.3 is 5.97 Å². The van der Waals surface area contributed by atoms with Crippen molar-refractivity contribution >= 4 is 33.4 Å². The number of carbonyl (C=O) groups is 2. The number of esters is 1. The summed E-state index contributed by atoms with van der Waals surface area (Å²) in [6.07, 6.45) is 0. The lowest BCUT2D eigenvalue weighted by molar-refractivity contribution is -0.136. The summed E-state index contributed by atoms with van der Waals surface area (Å²) < 4.78 is 11.1. The van der Waals surface area contributed by atoms with E-state index in [4.69, 9.17) is 9.47 Å². The lowest BCUT2D eigenvalue weighted by Gasteiger charge is -2.29. The molecule has 2 aromatic carbocycles. The van der Waals surface area contributed by atoms with Crippen molar-refractivity contribution in [3.8, 4) is 5.75 Å². The molecule has 2 aliphatic rings. The van der Waals surface area contributed by atoms with Crippen LogP contribution >= 0.6 is 15.9 Å². The van der Waals surface area contributed by atoms with Crippen LogP contribution in [-0.4, -0.2) is 26.0 Å². The van der Waals surface area contributed by atoms with Crippen LogP contribution in [0, 0.1) is 0 Å². The summed E-state index contributed by atoms with van der Waals surface area (Å²) in [7, 11) is 2.94. The minimum Gasteiger partial charge on any atom is -0.496 e. The van der Waals surface area contributed by atoms with Crippen LogP contribution in [0.3, 0.4) is 0 Å². The Morgan fingerprint density at radius 2 is 1.82 bits per heavy atom. The first-order valence-corrected chi connectivity index (χ1v) is 9.55. The zero-order valence-electron chi connectivity index (χ0n) is 15.6. The molecule has 2 aromatic rings. The standard InChI is InChI=1S/C22H18BrNO4/c1-11-17(22(26)28-3)18(12-8-9-16(27-2)15(23)10-12)19-20(24-11)13-6-4-5-7-14(13)21(19)25/h4-10,18,24H,1-3H3/t18-/m1/s1. The molecule has 4 rings (SSSR count). The molecule has 0 spiro atoms. The van der Waals surface area contributed by atoms with Crippen LogP contribution in [-0.2, 0) is 9.53 Å². The molecule has 1 heterocycles. The highest BCUT2D eigenvalue weighted by Gasteiger charge is 2.42. The van der Waals surface area contributed by atoms with Crippen LogP contribution in [0.2, 0.25) is 0 Å². The Balaban J connectivity index is 1.95. The summed E-state index contributed by atoms with van der Waals surface area (Å²) >= 11 is 3.51. The second-order valence-electron chi connectivity index (χ2n) is 6.65. The van der Waals surface area contributed by atoms with E-state index in [-0.39, 0.29) is 5.78 Å². The Labute approximate surface area is 171 Å². The molecule has 0 radical (unpaired) electrons. The minimum atomic E-state index is -0.536. The van der Waals surface area contributed by atoms with Crippen molar-refractivity contribution in [3.05, 3.63) is 80.5 Å². The number of dihydropyridines is 1. The molecule has 142 valence electrons. The monoisotopic (exact) mass is 439 g/mol. The Kier molecular flexibility index (Phi) is 4.59. The fourth-order valence-corrected chi connectivity index (χ4v) is 4.46. The van der Waals surface area contributed by atoms with E-state index in [1.165, 1.54) is 7.11 Å². The highest BCUT2D eigenvalue weighted by Crippen LogP contribution is 2.47. The number of methoxy groups -OCH3 is 2. The van der Waals surface area contributed by atoms with Crippen LogP contribution in [0.15, 0.2) is 63.8 Å². The zero-order valence-corrected chi connectivity index (χ0v) is 17.2. The van der Waals surface area contributed by atoms with Crippen LogP contribution in [0.5, 0.6) is 5.75 Å². The molecule has 1 aliphatic heterocycles. The first-order chi connectivity index (χ1) is 13.5. The van der Waals surface area contributed by atoms with Crippen LogP contribution in [0.4, 0.5) is 0 Å². The smallest absolute Gasteiger partial charge is 0.336 e. The number of hydrogen-bond acceptors (Lipinski definition) is 5. The van der Waals surface area contributed by atoms with Crippen molar-refractivity contribution in [2.24, 2.45) is 0 Å². The van der Waals surface area contributed by atoms with Crippen molar-refractivity contribution in [2.45, 2.75) is 12.8 Å². The quantitative estimate of drug-likeness (QED) is 0.725. The van der Waals surface area contributed by atoms with Crippen molar-refractivity contribution in [3.63, 3.8) is 0 Å². The highest BCUT2D eigenvalue weighted by molar-refractivity contribution is 9.10. The van der Waals surface area contributed by atoms with Gasteiger partial charge in [0.1, 0.15) is 5.75 Å². The Hall–Kier alpha value is -2.86. The third-order valence-corrected chi connectivity index (χ3v) is 5.78. The van der Waals surface area contributed by atoms with E-state index in [9.17, 15) is 9.59 Å². The SMILES string of the molecule is COC(=O)C1=C(C)NC2=C(C(=O)c3ccccc32)[C@@H]1c1ccc(OC)c(Br)c1. The van der Waals surface area contributed by atoms with Crippen molar-refractivity contribution in [1.82, 2.24) is 5.32 Å².